The van der Waals surface area contributed by atoms with Gasteiger partial charge in [0, 0.05) is 6.92 Å². The lowest BCUT2D eigenvalue weighted by Gasteiger charge is -1.92. The minimum Gasteiger partial charge on any atom is -0.513 e. The first-order valence-corrected chi connectivity index (χ1v) is 4.06. The highest BCUT2D eigenvalue weighted by atomic mass is 16.2. The number of nitrogens with zero attached hydrogens (tertiary/aromatic N) is 2. The lowest BCUT2D eigenvalue weighted by atomic mass is 10.3. The number of carbonyl (C=O) groups excluding carboxylic acids is 1. The Labute approximate surface area is 81.6 Å². The molecular weight excluding hydrogens is 180 g/mol. The topological polar surface area (TPSA) is 62.0 Å². The molecule has 4 nitrogen and oxygen atoms in total. The third kappa shape index (κ3) is 2.82. The molecular formula is C10H10N2O2. The fraction of sp³-hybridized carbons (Fsp3) is 0.100. The van der Waals surface area contributed by atoms with E-state index in [9.17, 15) is 4.79 Å². The summed E-state index contributed by atoms with van der Waals surface area (Å²) in [6.45, 7) is 1.31. The molecule has 0 aliphatic rings. The summed E-state index contributed by atoms with van der Waals surface area (Å²) >= 11 is 0. The van der Waals surface area contributed by atoms with Crippen molar-refractivity contribution in [3.8, 4) is 0 Å². The van der Waals surface area contributed by atoms with Gasteiger partial charge in [-0.2, -0.15) is 5.11 Å². The summed E-state index contributed by atoms with van der Waals surface area (Å²) in [6.07, 6.45) is 0.648. The van der Waals surface area contributed by atoms with Crippen LogP contribution in [0.3, 0.4) is 0 Å². The van der Waals surface area contributed by atoms with Gasteiger partial charge in [0.1, 0.15) is 6.26 Å². The Balaban J connectivity index is 2.78. The summed E-state index contributed by atoms with van der Waals surface area (Å²) in [4.78, 5) is 10.8. The van der Waals surface area contributed by atoms with Gasteiger partial charge in [0.25, 0.3) is 0 Å². The summed E-state index contributed by atoms with van der Waals surface area (Å²) in [6, 6.07) is 8.97. The van der Waals surface area contributed by atoms with Crippen molar-refractivity contribution in [1.82, 2.24) is 0 Å². The molecule has 0 aromatic heterocycles. The van der Waals surface area contributed by atoms with Gasteiger partial charge in [-0.25, -0.2) is 0 Å². The second-order valence-electron chi connectivity index (χ2n) is 2.61. The molecule has 0 aliphatic carbocycles. The lowest BCUT2D eigenvalue weighted by molar-refractivity contribution is -0.113. The molecule has 1 aromatic rings. The molecule has 1 N–H and O–H groups in total. The third-order valence-corrected chi connectivity index (χ3v) is 1.51. The van der Waals surface area contributed by atoms with Gasteiger partial charge in [0.15, 0.2) is 11.5 Å². The molecule has 0 radical (unpaired) electrons. The number of aliphatic hydroxyl groups excluding tert-OH is 1. The number of rotatable bonds is 3. The molecule has 14 heavy (non-hydrogen) atoms. The largest absolute Gasteiger partial charge is 0.513 e. The van der Waals surface area contributed by atoms with Gasteiger partial charge >= 0.3 is 0 Å². The van der Waals surface area contributed by atoms with Crippen molar-refractivity contribution in [2.75, 3.05) is 0 Å². The standard InChI is InChI=1S/C10H10N2O2/c1-8(14)10(7-13)12-11-9-5-3-2-4-6-9/h2-7,13H,1H3/b10-7-,12-11?. The van der Waals surface area contributed by atoms with E-state index in [0.717, 1.165) is 0 Å². The summed E-state index contributed by atoms with van der Waals surface area (Å²) in [7, 11) is 0. The SMILES string of the molecule is CC(=O)/C(=C/O)N=Nc1ccccc1. The van der Waals surface area contributed by atoms with Crippen LogP contribution in [-0.2, 0) is 4.79 Å². The number of ketones is 1. The Bertz CT molecular complexity index is 369. The van der Waals surface area contributed by atoms with Crippen LogP contribution in [0.2, 0.25) is 0 Å². The molecule has 72 valence electrons. The summed E-state index contributed by atoms with van der Waals surface area (Å²) in [5, 5.41) is 16.0. The zero-order valence-corrected chi connectivity index (χ0v) is 7.71. The Morgan fingerprint density at radius 2 is 2.00 bits per heavy atom. The van der Waals surface area contributed by atoms with E-state index in [0.29, 0.717) is 11.9 Å². The predicted octanol–water partition coefficient (Wildman–Crippen LogP) is 2.76. The van der Waals surface area contributed by atoms with Crippen LogP contribution in [0.25, 0.3) is 0 Å². The second-order valence-corrected chi connectivity index (χ2v) is 2.61. The molecule has 0 amide bonds. The molecule has 1 aromatic carbocycles. The molecule has 0 heterocycles. The summed E-state index contributed by atoms with van der Waals surface area (Å²) in [5.74, 6) is -0.327. The molecule has 1 rings (SSSR count). The molecule has 4 heteroatoms. The number of carbonyl (C=O) groups is 1. The maximum Gasteiger partial charge on any atom is 0.183 e. The van der Waals surface area contributed by atoms with Gasteiger partial charge in [0.2, 0.25) is 0 Å². The summed E-state index contributed by atoms with van der Waals surface area (Å²) in [5.41, 5.74) is 0.571. The average Bonchev–Trinajstić information content (AvgIpc) is 2.20. The first-order chi connectivity index (χ1) is 6.74. The van der Waals surface area contributed by atoms with Gasteiger partial charge in [-0.3, -0.25) is 4.79 Å². The van der Waals surface area contributed by atoms with Crippen LogP contribution in [0.15, 0.2) is 52.5 Å². The molecule has 0 saturated heterocycles. The Kier molecular flexibility index (Phi) is 3.55. The Morgan fingerprint density at radius 3 is 2.50 bits per heavy atom. The number of hydrogen-bond donors (Lipinski definition) is 1. The molecule has 0 atom stereocenters. The minimum atomic E-state index is -0.327. The first kappa shape index (κ1) is 10.1. The van der Waals surface area contributed by atoms with E-state index in [-0.39, 0.29) is 11.5 Å². The Morgan fingerprint density at radius 1 is 1.36 bits per heavy atom. The molecule has 0 spiro atoms. The first-order valence-electron chi connectivity index (χ1n) is 4.06. The van der Waals surface area contributed by atoms with Crippen LogP contribution < -0.4 is 0 Å². The van der Waals surface area contributed by atoms with Crippen LogP contribution in [0.5, 0.6) is 0 Å². The van der Waals surface area contributed by atoms with Crippen LogP contribution in [-0.4, -0.2) is 10.9 Å². The monoisotopic (exact) mass is 190 g/mol. The van der Waals surface area contributed by atoms with E-state index in [1.165, 1.54) is 6.92 Å². The molecule has 0 aliphatic heterocycles. The predicted molar refractivity (Wildman–Crippen MR) is 52.4 cm³/mol. The van der Waals surface area contributed by atoms with E-state index < -0.39 is 0 Å². The van der Waals surface area contributed by atoms with E-state index in [2.05, 4.69) is 10.2 Å². The van der Waals surface area contributed by atoms with Crippen molar-refractivity contribution in [2.45, 2.75) is 6.92 Å². The number of hydrogen-bond acceptors (Lipinski definition) is 4. The average molecular weight is 190 g/mol. The van der Waals surface area contributed by atoms with Crippen molar-refractivity contribution in [1.29, 1.82) is 0 Å². The van der Waals surface area contributed by atoms with Gasteiger partial charge in [0.05, 0.1) is 5.69 Å². The zero-order valence-electron chi connectivity index (χ0n) is 7.71. The van der Waals surface area contributed by atoms with Crippen LogP contribution >= 0.6 is 0 Å². The third-order valence-electron chi connectivity index (χ3n) is 1.51. The number of Topliss-reactive ketones (excluding diaryl/α,β-unsaturated/α-hetero) is 1. The smallest absolute Gasteiger partial charge is 0.183 e. The molecule has 0 bridgehead atoms. The summed E-state index contributed by atoms with van der Waals surface area (Å²) < 4.78 is 0. The van der Waals surface area contributed by atoms with Crippen LogP contribution in [0, 0.1) is 0 Å². The van der Waals surface area contributed by atoms with Crippen LogP contribution in [0.1, 0.15) is 6.92 Å². The van der Waals surface area contributed by atoms with E-state index in [1.54, 1.807) is 12.1 Å². The van der Waals surface area contributed by atoms with Crippen molar-refractivity contribution < 1.29 is 9.90 Å². The van der Waals surface area contributed by atoms with Crippen molar-refractivity contribution in [3.05, 3.63) is 42.3 Å². The van der Waals surface area contributed by atoms with Gasteiger partial charge in [-0.05, 0) is 12.1 Å². The van der Waals surface area contributed by atoms with E-state index in [1.807, 2.05) is 18.2 Å². The normalized spacial score (nSPS) is 11.9. The molecule has 0 fully saturated rings. The minimum absolute atomic E-state index is 0.0612. The fourth-order valence-corrected chi connectivity index (χ4v) is 0.793. The van der Waals surface area contributed by atoms with Gasteiger partial charge in [-0.1, -0.05) is 18.2 Å². The van der Waals surface area contributed by atoms with Crippen molar-refractivity contribution in [2.24, 2.45) is 10.2 Å². The van der Waals surface area contributed by atoms with Crippen molar-refractivity contribution >= 4 is 11.5 Å². The van der Waals surface area contributed by atoms with E-state index in [4.69, 9.17) is 5.11 Å². The fourth-order valence-electron chi connectivity index (χ4n) is 0.793. The van der Waals surface area contributed by atoms with E-state index >= 15 is 0 Å². The maximum atomic E-state index is 10.8. The number of benzene rings is 1. The van der Waals surface area contributed by atoms with Gasteiger partial charge in [-0.15, -0.1) is 5.11 Å². The molecule has 0 unspecified atom stereocenters. The molecule has 0 saturated carbocycles. The van der Waals surface area contributed by atoms with Gasteiger partial charge < -0.3 is 5.11 Å². The number of azo groups is 1. The highest BCUT2D eigenvalue weighted by molar-refractivity contribution is 5.92. The highest BCUT2D eigenvalue weighted by Crippen LogP contribution is 2.12. The second kappa shape index (κ2) is 4.91. The number of allylic oxidation sites excluding steroid dienone is 1. The highest BCUT2D eigenvalue weighted by Gasteiger charge is 2.00. The maximum absolute atomic E-state index is 10.8. The van der Waals surface area contributed by atoms with Crippen molar-refractivity contribution in [3.63, 3.8) is 0 Å². The number of aliphatic hydroxyl groups is 1. The van der Waals surface area contributed by atoms with Crippen LogP contribution in [0.4, 0.5) is 5.69 Å². The zero-order chi connectivity index (χ0) is 10.4. The lowest BCUT2D eigenvalue weighted by Crippen LogP contribution is -1.91. The quantitative estimate of drug-likeness (QED) is 0.452. The Hall–Kier alpha value is -1.97.